The Balaban J connectivity index is 1.99. The Hall–Kier alpha value is -2.27. The van der Waals surface area contributed by atoms with E-state index >= 15 is 0 Å². The first-order valence-electron chi connectivity index (χ1n) is 6.19. The number of ether oxygens (including phenoxy) is 1. The van der Waals surface area contributed by atoms with Crippen LogP contribution in [0.25, 0.3) is 0 Å². The predicted molar refractivity (Wildman–Crippen MR) is 81.1 cm³/mol. The molecule has 0 aliphatic heterocycles. The molecule has 0 unspecified atom stereocenters. The minimum Gasteiger partial charge on any atom is -0.482 e. The van der Waals surface area contributed by atoms with Gasteiger partial charge in [0.1, 0.15) is 11.6 Å². The molecule has 6 heteroatoms. The van der Waals surface area contributed by atoms with Crippen molar-refractivity contribution in [3.05, 3.63) is 52.8 Å². The summed E-state index contributed by atoms with van der Waals surface area (Å²) in [5.41, 5.74) is 7.09. The van der Waals surface area contributed by atoms with Crippen molar-refractivity contribution < 1.29 is 13.9 Å². The maximum Gasteiger partial charge on any atom is 0.262 e. The fourth-order valence-corrected chi connectivity index (χ4v) is 1.86. The van der Waals surface area contributed by atoms with Gasteiger partial charge in [0.2, 0.25) is 0 Å². The Labute approximate surface area is 126 Å². The summed E-state index contributed by atoms with van der Waals surface area (Å²) in [6.45, 7) is 1.63. The molecule has 0 saturated carbocycles. The summed E-state index contributed by atoms with van der Waals surface area (Å²) in [5.74, 6) is -0.522. The third-order valence-corrected chi connectivity index (χ3v) is 3.05. The number of carbonyl (C=O) groups is 1. The van der Waals surface area contributed by atoms with Gasteiger partial charge in [0.15, 0.2) is 6.61 Å². The van der Waals surface area contributed by atoms with Crippen LogP contribution in [0.4, 0.5) is 15.8 Å². The summed E-state index contributed by atoms with van der Waals surface area (Å²) >= 11 is 5.96. The second-order valence-corrected chi connectivity index (χ2v) is 4.91. The van der Waals surface area contributed by atoms with Crippen molar-refractivity contribution in [2.24, 2.45) is 0 Å². The SMILES string of the molecule is Cc1ccc(Cl)c(OCC(=O)Nc2cc(F)ccc2N)c1. The number of nitrogens with one attached hydrogen (secondary N) is 1. The zero-order chi connectivity index (χ0) is 15.4. The lowest BCUT2D eigenvalue weighted by Gasteiger charge is -2.10. The highest BCUT2D eigenvalue weighted by Gasteiger charge is 2.09. The van der Waals surface area contributed by atoms with Gasteiger partial charge in [-0.1, -0.05) is 17.7 Å². The fourth-order valence-electron chi connectivity index (χ4n) is 1.69. The molecule has 2 aromatic carbocycles. The van der Waals surface area contributed by atoms with Crippen LogP contribution in [0.2, 0.25) is 5.02 Å². The van der Waals surface area contributed by atoms with Gasteiger partial charge in [0, 0.05) is 0 Å². The van der Waals surface area contributed by atoms with E-state index in [0.717, 1.165) is 11.6 Å². The van der Waals surface area contributed by atoms with Crippen molar-refractivity contribution in [3.8, 4) is 5.75 Å². The average molecular weight is 309 g/mol. The highest BCUT2D eigenvalue weighted by atomic mass is 35.5. The summed E-state index contributed by atoms with van der Waals surface area (Å²) in [4.78, 5) is 11.8. The number of hydrogen-bond donors (Lipinski definition) is 2. The molecule has 0 aliphatic carbocycles. The lowest BCUT2D eigenvalue weighted by atomic mass is 10.2. The number of nitrogen functional groups attached to an aromatic ring is 1. The summed E-state index contributed by atoms with van der Waals surface area (Å²) < 4.78 is 18.4. The third kappa shape index (κ3) is 4.10. The minimum atomic E-state index is -0.484. The average Bonchev–Trinajstić information content (AvgIpc) is 2.44. The van der Waals surface area contributed by atoms with Crippen molar-refractivity contribution in [2.75, 3.05) is 17.7 Å². The first-order chi connectivity index (χ1) is 9.95. The fraction of sp³-hybridized carbons (Fsp3) is 0.133. The highest BCUT2D eigenvalue weighted by molar-refractivity contribution is 6.32. The summed E-state index contributed by atoms with van der Waals surface area (Å²) in [6.07, 6.45) is 0. The molecule has 0 bridgehead atoms. The van der Waals surface area contributed by atoms with Crippen LogP contribution in [-0.2, 0) is 4.79 Å². The molecule has 0 aliphatic rings. The van der Waals surface area contributed by atoms with E-state index in [9.17, 15) is 9.18 Å². The number of hydrogen-bond acceptors (Lipinski definition) is 3. The van der Waals surface area contributed by atoms with Gasteiger partial charge < -0.3 is 15.8 Å². The number of rotatable bonds is 4. The van der Waals surface area contributed by atoms with Crippen LogP contribution in [0.15, 0.2) is 36.4 Å². The molecular formula is C15H14ClFN2O2. The van der Waals surface area contributed by atoms with Crippen LogP contribution in [0, 0.1) is 12.7 Å². The monoisotopic (exact) mass is 308 g/mol. The Morgan fingerprint density at radius 1 is 1.33 bits per heavy atom. The van der Waals surface area contributed by atoms with Crippen molar-refractivity contribution in [1.82, 2.24) is 0 Å². The van der Waals surface area contributed by atoms with Crippen LogP contribution >= 0.6 is 11.6 Å². The van der Waals surface area contributed by atoms with Crippen molar-refractivity contribution in [3.63, 3.8) is 0 Å². The molecule has 2 rings (SSSR count). The second kappa shape index (κ2) is 6.45. The van der Waals surface area contributed by atoms with Crippen LogP contribution in [0.3, 0.4) is 0 Å². The zero-order valence-electron chi connectivity index (χ0n) is 11.3. The van der Waals surface area contributed by atoms with Gasteiger partial charge in [0.05, 0.1) is 16.4 Å². The van der Waals surface area contributed by atoms with E-state index in [2.05, 4.69) is 5.32 Å². The molecule has 1 amide bonds. The number of nitrogens with two attached hydrogens (primary N) is 1. The van der Waals surface area contributed by atoms with Gasteiger partial charge in [-0.25, -0.2) is 4.39 Å². The smallest absolute Gasteiger partial charge is 0.262 e. The molecule has 0 atom stereocenters. The standard InChI is InChI=1S/C15H14ClFN2O2/c1-9-2-4-11(16)14(6-9)21-8-15(20)19-13-7-10(17)3-5-12(13)18/h2-7H,8,18H2,1H3,(H,19,20). The first kappa shape index (κ1) is 15.1. The molecular weight excluding hydrogens is 295 g/mol. The molecule has 0 fully saturated rings. The molecule has 3 N–H and O–H groups in total. The van der Waals surface area contributed by atoms with Gasteiger partial charge in [0.25, 0.3) is 5.91 Å². The number of carbonyl (C=O) groups excluding carboxylic acids is 1. The lowest BCUT2D eigenvalue weighted by Crippen LogP contribution is -2.21. The number of anilines is 2. The normalized spacial score (nSPS) is 10.2. The number of aryl methyl sites for hydroxylation is 1. The van der Waals surface area contributed by atoms with Gasteiger partial charge >= 0.3 is 0 Å². The van der Waals surface area contributed by atoms with Gasteiger partial charge in [-0.2, -0.15) is 0 Å². The Morgan fingerprint density at radius 2 is 2.10 bits per heavy atom. The molecule has 0 aromatic heterocycles. The first-order valence-corrected chi connectivity index (χ1v) is 6.57. The topological polar surface area (TPSA) is 64.3 Å². The van der Waals surface area contributed by atoms with Crippen LogP contribution in [-0.4, -0.2) is 12.5 Å². The summed E-state index contributed by atoms with van der Waals surface area (Å²) in [6, 6.07) is 8.99. The van der Waals surface area contributed by atoms with Crippen molar-refractivity contribution in [1.29, 1.82) is 0 Å². The second-order valence-electron chi connectivity index (χ2n) is 4.50. The Morgan fingerprint density at radius 3 is 2.86 bits per heavy atom. The number of halogens is 2. The van der Waals surface area contributed by atoms with E-state index in [0.29, 0.717) is 10.8 Å². The van der Waals surface area contributed by atoms with Crippen LogP contribution in [0.1, 0.15) is 5.56 Å². The Bertz CT molecular complexity index is 677. The molecule has 4 nitrogen and oxygen atoms in total. The van der Waals surface area contributed by atoms with Gasteiger partial charge in [-0.05, 0) is 42.8 Å². The van der Waals surface area contributed by atoms with E-state index in [4.69, 9.17) is 22.1 Å². The van der Waals surface area contributed by atoms with Gasteiger partial charge in [-0.15, -0.1) is 0 Å². The third-order valence-electron chi connectivity index (χ3n) is 2.73. The van der Waals surface area contributed by atoms with E-state index in [1.54, 1.807) is 12.1 Å². The maximum atomic E-state index is 13.1. The molecule has 2 aromatic rings. The molecule has 110 valence electrons. The maximum absolute atomic E-state index is 13.1. The number of benzene rings is 2. The number of amides is 1. The van der Waals surface area contributed by atoms with E-state index in [1.165, 1.54) is 12.1 Å². The summed E-state index contributed by atoms with van der Waals surface area (Å²) in [5, 5.41) is 2.90. The largest absolute Gasteiger partial charge is 0.482 e. The minimum absolute atomic E-state index is 0.207. The Kier molecular flexibility index (Phi) is 4.65. The van der Waals surface area contributed by atoms with Gasteiger partial charge in [-0.3, -0.25) is 4.79 Å². The van der Waals surface area contributed by atoms with E-state index < -0.39 is 11.7 Å². The zero-order valence-corrected chi connectivity index (χ0v) is 12.1. The van der Waals surface area contributed by atoms with Crippen molar-refractivity contribution >= 4 is 28.9 Å². The molecule has 0 saturated heterocycles. The highest BCUT2D eigenvalue weighted by Crippen LogP contribution is 2.25. The molecule has 0 spiro atoms. The van der Waals surface area contributed by atoms with E-state index in [1.807, 2.05) is 13.0 Å². The lowest BCUT2D eigenvalue weighted by molar-refractivity contribution is -0.118. The van der Waals surface area contributed by atoms with Crippen LogP contribution < -0.4 is 15.8 Å². The molecule has 21 heavy (non-hydrogen) atoms. The molecule has 0 radical (unpaired) electrons. The van der Waals surface area contributed by atoms with Crippen molar-refractivity contribution in [2.45, 2.75) is 6.92 Å². The predicted octanol–water partition coefficient (Wildman–Crippen LogP) is 3.39. The van der Waals surface area contributed by atoms with Crippen LogP contribution in [0.5, 0.6) is 5.75 Å². The molecule has 0 heterocycles. The summed E-state index contributed by atoms with van der Waals surface area (Å²) in [7, 11) is 0. The van der Waals surface area contributed by atoms with E-state index in [-0.39, 0.29) is 18.0 Å². The quantitative estimate of drug-likeness (QED) is 0.851.